The van der Waals surface area contributed by atoms with E-state index in [-0.39, 0.29) is 5.56 Å². The number of hydrogen-bond donors (Lipinski definition) is 2. The summed E-state index contributed by atoms with van der Waals surface area (Å²) in [4.78, 5) is 12.8. The lowest BCUT2D eigenvalue weighted by Gasteiger charge is -2.20. The van der Waals surface area contributed by atoms with Crippen molar-refractivity contribution >= 4 is 21.9 Å². The molecule has 0 saturated carbocycles. The van der Waals surface area contributed by atoms with Crippen LogP contribution in [0.2, 0.25) is 0 Å². The average Bonchev–Trinajstić information content (AvgIpc) is 2.31. The van der Waals surface area contributed by atoms with E-state index in [1.807, 2.05) is 11.9 Å². The Morgan fingerprint density at radius 3 is 2.74 bits per heavy atom. The normalized spacial score (nSPS) is 12.7. The standard InChI is InChI=1S/C13H18BrNO4/c1-15(7-11(16)8-19-2)6-10-4-3-9(13(17)18)5-12(10)14/h3-5,11,16H,6-8H2,1-2H3,(H,17,18). The van der Waals surface area contributed by atoms with E-state index in [4.69, 9.17) is 9.84 Å². The molecule has 0 aliphatic heterocycles. The van der Waals surface area contributed by atoms with Crippen molar-refractivity contribution in [2.24, 2.45) is 0 Å². The highest BCUT2D eigenvalue weighted by Crippen LogP contribution is 2.20. The van der Waals surface area contributed by atoms with Gasteiger partial charge in [0, 0.05) is 24.7 Å². The lowest BCUT2D eigenvalue weighted by molar-refractivity contribution is 0.0418. The fourth-order valence-electron chi connectivity index (χ4n) is 1.77. The zero-order chi connectivity index (χ0) is 14.4. The summed E-state index contributed by atoms with van der Waals surface area (Å²) >= 11 is 3.36. The Labute approximate surface area is 120 Å². The zero-order valence-electron chi connectivity index (χ0n) is 11.0. The molecule has 0 amide bonds. The van der Waals surface area contributed by atoms with Gasteiger partial charge in [-0.3, -0.25) is 4.90 Å². The van der Waals surface area contributed by atoms with Gasteiger partial charge in [0.15, 0.2) is 0 Å². The van der Waals surface area contributed by atoms with Crippen LogP contribution in [0.25, 0.3) is 0 Å². The lowest BCUT2D eigenvalue weighted by atomic mass is 10.1. The molecule has 5 nitrogen and oxygen atoms in total. The van der Waals surface area contributed by atoms with E-state index in [0.29, 0.717) is 19.7 Å². The number of likely N-dealkylation sites (N-methyl/N-ethyl adjacent to an activating group) is 1. The third-order valence-electron chi connectivity index (χ3n) is 2.62. The van der Waals surface area contributed by atoms with Crippen molar-refractivity contribution in [3.05, 3.63) is 33.8 Å². The van der Waals surface area contributed by atoms with Gasteiger partial charge in [-0.15, -0.1) is 0 Å². The van der Waals surface area contributed by atoms with Gasteiger partial charge in [-0.25, -0.2) is 4.79 Å². The van der Waals surface area contributed by atoms with Gasteiger partial charge in [0.05, 0.1) is 18.3 Å². The molecule has 19 heavy (non-hydrogen) atoms. The van der Waals surface area contributed by atoms with Crippen molar-refractivity contribution in [1.82, 2.24) is 4.90 Å². The Kier molecular flexibility index (Phi) is 6.44. The summed E-state index contributed by atoms with van der Waals surface area (Å²) in [5, 5.41) is 18.5. The summed E-state index contributed by atoms with van der Waals surface area (Å²) < 4.78 is 5.62. The molecule has 0 heterocycles. The molecule has 1 aromatic carbocycles. The van der Waals surface area contributed by atoms with Crippen molar-refractivity contribution in [3.63, 3.8) is 0 Å². The second-order valence-corrected chi connectivity index (χ2v) is 5.27. The van der Waals surface area contributed by atoms with E-state index >= 15 is 0 Å². The first-order chi connectivity index (χ1) is 8.93. The summed E-state index contributed by atoms with van der Waals surface area (Å²) in [5.74, 6) is -0.948. The van der Waals surface area contributed by atoms with Crippen LogP contribution in [0, 0.1) is 0 Å². The van der Waals surface area contributed by atoms with E-state index in [9.17, 15) is 9.90 Å². The van der Waals surface area contributed by atoms with E-state index in [2.05, 4.69) is 15.9 Å². The number of rotatable bonds is 7. The Balaban J connectivity index is 2.64. The Morgan fingerprint density at radius 2 is 2.21 bits per heavy atom. The van der Waals surface area contributed by atoms with Gasteiger partial charge < -0.3 is 14.9 Å². The Morgan fingerprint density at radius 1 is 1.53 bits per heavy atom. The number of carboxylic acids is 1. The number of aliphatic hydroxyl groups is 1. The number of ether oxygens (including phenoxy) is 1. The number of nitrogens with zero attached hydrogens (tertiary/aromatic N) is 1. The fraction of sp³-hybridized carbons (Fsp3) is 0.462. The molecule has 6 heteroatoms. The molecule has 0 aliphatic carbocycles. The van der Waals surface area contributed by atoms with Crippen LogP contribution < -0.4 is 0 Å². The van der Waals surface area contributed by atoms with Crippen LogP contribution in [0.3, 0.4) is 0 Å². The molecule has 0 spiro atoms. The van der Waals surface area contributed by atoms with Crippen LogP contribution in [-0.4, -0.2) is 54.5 Å². The second-order valence-electron chi connectivity index (χ2n) is 4.42. The molecule has 0 aromatic heterocycles. The molecule has 1 aromatic rings. The molecular weight excluding hydrogens is 314 g/mol. The number of aliphatic hydroxyl groups excluding tert-OH is 1. The van der Waals surface area contributed by atoms with E-state index in [0.717, 1.165) is 10.0 Å². The minimum absolute atomic E-state index is 0.248. The van der Waals surface area contributed by atoms with Crippen molar-refractivity contribution in [2.75, 3.05) is 27.3 Å². The predicted molar refractivity (Wildman–Crippen MR) is 75.3 cm³/mol. The zero-order valence-corrected chi connectivity index (χ0v) is 12.6. The number of methoxy groups -OCH3 is 1. The average molecular weight is 332 g/mol. The van der Waals surface area contributed by atoms with Crippen LogP contribution in [0.5, 0.6) is 0 Å². The molecule has 0 saturated heterocycles. The molecule has 2 N–H and O–H groups in total. The van der Waals surface area contributed by atoms with Crippen molar-refractivity contribution < 1.29 is 19.7 Å². The summed E-state index contributed by atoms with van der Waals surface area (Å²) in [5.41, 5.74) is 1.22. The SMILES string of the molecule is COCC(O)CN(C)Cc1ccc(C(=O)O)cc1Br. The van der Waals surface area contributed by atoms with Gasteiger partial charge in [-0.1, -0.05) is 22.0 Å². The molecule has 0 bridgehead atoms. The van der Waals surface area contributed by atoms with Crippen LogP contribution >= 0.6 is 15.9 Å². The van der Waals surface area contributed by atoms with Gasteiger partial charge in [0.1, 0.15) is 0 Å². The van der Waals surface area contributed by atoms with Gasteiger partial charge in [0.25, 0.3) is 0 Å². The maximum atomic E-state index is 10.8. The molecule has 1 unspecified atom stereocenters. The van der Waals surface area contributed by atoms with Crippen LogP contribution in [0.4, 0.5) is 0 Å². The minimum Gasteiger partial charge on any atom is -0.478 e. The second kappa shape index (κ2) is 7.59. The van der Waals surface area contributed by atoms with E-state index in [1.165, 1.54) is 0 Å². The Hall–Kier alpha value is -0.950. The third kappa shape index (κ3) is 5.28. The monoisotopic (exact) mass is 331 g/mol. The minimum atomic E-state index is -0.948. The van der Waals surface area contributed by atoms with Crippen LogP contribution in [-0.2, 0) is 11.3 Å². The molecule has 1 rings (SSSR count). The van der Waals surface area contributed by atoms with Crippen molar-refractivity contribution in [2.45, 2.75) is 12.6 Å². The number of aromatic carboxylic acids is 1. The van der Waals surface area contributed by atoms with Crippen molar-refractivity contribution in [1.29, 1.82) is 0 Å². The summed E-state index contributed by atoms with van der Waals surface area (Å²) in [6.45, 7) is 1.39. The molecule has 0 fully saturated rings. The highest BCUT2D eigenvalue weighted by Gasteiger charge is 2.11. The molecule has 0 radical (unpaired) electrons. The first-order valence-electron chi connectivity index (χ1n) is 5.81. The lowest BCUT2D eigenvalue weighted by Crippen LogP contribution is -2.31. The van der Waals surface area contributed by atoms with E-state index < -0.39 is 12.1 Å². The molecule has 106 valence electrons. The number of hydrogen-bond acceptors (Lipinski definition) is 4. The summed E-state index contributed by atoms with van der Waals surface area (Å²) in [6, 6.07) is 4.92. The highest BCUT2D eigenvalue weighted by atomic mass is 79.9. The highest BCUT2D eigenvalue weighted by molar-refractivity contribution is 9.10. The number of carbonyl (C=O) groups is 1. The van der Waals surface area contributed by atoms with Gasteiger partial charge in [-0.2, -0.15) is 0 Å². The van der Waals surface area contributed by atoms with E-state index in [1.54, 1.807) is 25.3 Å². The van der Waals surface area contributed by atoms with Crippen LogP contribution in [0.15, 0.2) is 22.7 Å². The largest absolute Gasteiger partial charge is 0.478 e. The first-order valence-corrected chi connectivity index (χ1v) is 6.60. The maximum Gasteiger partial charge on any atom is 0.335 e. The van der Waals surface area contributed by atoms with Crippen molar-refractivity contribution in [3.8, 4) is 0 Å². The topological polar surface area (TPSA) is 70.0 Å². The fourth-order valence-corrected chi connectivity index (χ4v) is 2.27. The number of carboxylic acid groups (broad SMARTS) is 1. The van der Waals surface area contributed by atoms with Gasteiger partial charge in [-0.05, 0) is 24.7 Å². The molecule has 0 aliphatic rings. The van der Waals surface area contributed by atoms with Gasteiger partial charge in [0.2, 0.25) is 0 Å². The van der Waals surface area contributed by atoms with Crippen LogP contribution in [0.1, 0.15) is 15.9 Å². The number of benzene rings is 1. The predicted octanol–water partition coefficient (Wildman–Crippen LogP) is 1.59. The first kappa shape index (κ1) is 16.1. The Bertz CT molecular complexity index is 439. The molecule has 1 atom stereocenters. The van der Waals surface area contributed by atoms with Gasteiger partial charge >= 0.3 is 5.97 Å². The molecular formula is C13H18BrNO4. The summed E-state index contributed by atoms with van der Waals surface area (Å²) in [6.07, 6.45) is -0.535. The quantitative estimate of drug-likeness (QED) is 0.794. The maximum absolute atomic E-state index is 10.8. The number of halogens is 1. The summed E-state index contributed by atoms with van der Waals surface area (Å²) in [7, 11) is 3.43. The smallest absolute Gasteiger partial charge is 0.335 e. The third-order valence-corrected chi connectivity index (χ3v) is 3.36.